The van der Waals surface area contributed by atoms with Crippen LogP contribution >= 0.6 is 11.8 Å². The number of aromatic carboxylic acids is 1. The van der Waals surface area contributed by atoms with Crippen LogP contribution in [0.5, 0.6) is 0 Å². The molecule has 0 radical (unpaired) electrons. The third-order valence-electron chi connectivity index (χ3n) is 3.67. The molecule has 6 heteroatoms. The first-order chi connectivity index (χ1) is 11.9. The van der Waals surface area contributed by atoms with Crippen LogP contribution in [0.25, 0.3) is 6.08 Å². The van der Waals surface area contributed by atoms with Crippen LogP contribution in [0.4, 0.5) is 5.69 Å². The zero-order valence-corrected chi connectivity index (χ0v) is 14.5. The van der Waals surface area contributed by atoms with Gasteiger partial charge < -0.3 is 15.2 Å². The molecule has 2 aromatic carbocycles. The second kappa shape index (κ2) is 6.94. The Labute approximate surface area is 149 Å². The molecule has 3 rings (SSSR count). The number of carboxylic acid groups (broad SMARTS) is 1. The summed E-state index contributed by atoms with van der Waals surface area (Å²) in [5.41, 5.74) is 3.84. The normalized spacial score (nSPS) is 17.1. The van der Waals surface area contributed by atoms with E-state index in [4.69, 9.17) is 0 Å². The standard InChI is InChI=1S/C19H16N2O3S/c1-11-3-8-15(12(2)9-11)20-19-21-17(22)16(25-19)10-13-4-6-14(7-5-13)18(23)24/h3-10H,1-2H3,(H,23,24)(H,20,21,22)/p-1/b16-10+. The third kappa shape index (κ3) is 3.97. The van der Waals surface area contributed by atoms with Gasteiger partial charge in [0.1, 0.15) is 0 Å². The molecule has 1 amide bonds. The van der Waals surface area contributed by atoms with Crippen LogP contribution in [0.15, 0.2) is 52.4 Å². The van der Waals surface area contributed by atoms with Gasteiger partial charge in [0.05, 0.1) is 16.6 Å². The summed E-state index contributed by atoms with van der Waals surface area (Å²) in [6.45, 7) is 3.99. The molecular weight excluding hydrogens is 336 g/mol. The molecule has 0 aliphatic carbocycles. The highest BCUT2D eigenvalue weighted by atomic mass is 32.2. The van der Waals surface area contributed by atoms with Crippen molar-refractivity contribution in [1.29, 1.82) is 0 Å². The van der Waals surface area contributed by atoms with Crippen molar-refractivity contribution in [3.05, 3.63) is 69.6 Å². The van der Waals surface area contributed by atoms with Gasteiger partial charge in [0, 0.05) is 0 Å². The zero-order chi connectivity index (χ0) is 18.0. The largest absolute Gasteiger partial charge is 0.545 e. The molecule has 25 heavy (non-hydrogen) atoms. The fourth-order valence-electron chi connectivity index (χ4n) is 2.39. The van der Waals surface area contributed by atoms with Crippen LogP contribution in [-0.4, -0.2) is 17.0 Å². The van der Waals surface area contributed by atoms with Crippen LogP contribution in [0.2, 0.25) is 0 Å². The fraction of sp³-hybridized carbons (Fsp3) is 0.105. The summed E-state index contributed by atoms with van der Waals surface area (Å²) in [4.78, 5) is 27.9. The zero-order valence-electron chi connectivity index (χ0n) is 13.7. The molecule has 1 heterocycles. The number of carbonyl (C=O) groups is 2. The molecule has 126 valence electrons. The summed E-state index contributed by atoms with van der Waals surface area (Å²) in [5, 5.41) is 14.0. The van der Waals surface area contributed by atoms with Gasteiger partial charge in [-0.3, -0.25) is 4.79 Å². The number of carbonyl (C=O) groups excluding carboxylic acids is 2. The first-order valence-corrected chi connectivity index (χ1v) is 8.42. The first kappa shape index (κ1) is 17.0. The highest BCUT2D eigenvalue weighted by Gasteiger charge is 2.23. The maximum atomic E-state index is 12.1. The van der Waals surface area contributed by atoms with Crippen molar-refractivity contribution in [3.8, 4) is 0 Å². The summed E-state index contributed by atoms with van der Waals surface area (Å²) in [6, 6.07) is 12.1. The van der Waals surface area contributed by atoms with Crippen molar-refractivity contribution in [3.63, 3.8) is 0 Å². The summed E-state index contributed by atoms with van der Waals surface area (Å²) in [7, 11) is 0. The average Bonchev–Trinajstić information content (AvgIpc) is 2.90. The summed E-state index contributed by atoms with van der Waals surface area (Å²) >= 11 is 1.25. The molecule has 0 bridgehead atoms. The van der Waals surface area contributed by atoms with Crippen molar-refractivity contribution < 1.29 is 14.7 Å². The number of hydrogen-bond acceptors (Lipinski definition) is 5. The predicted octanol–water partition coefficient (Wildman–Crippen LogP) is 2.56. The molecule has 0 spiro atoms. The molecule has 0 saturated carbocycles. The maximum absolute atomic E-state index is 12.1. The van der Waals surface area contributed by atoms with Crippen molar-refractivity contribution >= 4 is 40.6 Å². The number of rotatable bonds is 3. The Kier molecular flexibility index (Phi) is 4.72. The van der Waals surface area contributed by atoms with Crippen molar-refractivity contribution in [2.45, 2.75) is 13.8 Å². The Bertz CT molecular complexity index is 915. The lowest BCUT2D eigenvalue weighted by molar-refractivity contribution is -0.255. The summed E-state index contributed by atoms with van der Waals surface area (Å²) in [5.74, 6) is -1.45. The number of carboxylic acids is 1. The Balaban J connectivity index is 1.82. The van der Waals surface area contributed by atoms with Gasteiger partial charge in [-0.25, -0.2) is 4.99 Å². The molecular formula is C19H15N2O3S-. The quantitative estimate of drug-likeness (QED) is 0.862. The van der Waals surface area contributed by atoms with Crippen molar-refractivity contribution in [1.82, 2.24) is 5.32 Å². The number of amidine groups is 1. The van der Waals surface area contributed by atoms with Crippen molar-refractivity contribution in [2.75, 3.05) is 0 Å². The number of nitrogens with zero attached hydrogens (tertiary/aromatic N) is 1. The molecule has 1 aliphatic rings. The molecule has 0 unspecified atom stereocenters. The van der Waals surface area contributed by atoms with Gasteiger partial charge >= 0.3 is 0 Å². The minimum Gasteiger partial charge on any atom is -0.545 e. The lowest BCUT2D eigenvalue weighted by Gasteiger charge is -2.02. The summed E-state index contributed by atoms with van der Waals surface area (Å²) < 4.78 is 0. The van der Waals surface area contributed by atoms with Crippen LogP contribution in [0.1, 0.15) is 27.0 Å². The van der Waals surface area contributed by atoms with Gasteiger partial charge in [0.2, 0.25) is 0 Å². The SMILES string of the molecule is Cc1ccc(N=C2NC(=O)/C(=C\c3ccc(C(=O)[O-])cc3)S2)c(C)c1. The number of thioether (sulfide) groups is 1. The van der Waals surface area contributed by atoms with E-state index in [0.29, 0.717) is 10.1 Å². The number of aliphatic imine (C=N–C) groups is 1. The third-order valence-corrected chi connectivity index (χ3v) is 4.58. The van der Waals surface area contributed by atoms with Crippen LogP contribution in [0.3, 0.4) is 0 Å². The molecule has 2 aromatic rings. The molecule has 0 aromatic heterocycles. The smallest absolute Gasteiger partial charge is 0.264 e. The van der Waals surface area contributed by atoms with Crippen LogP contribution in [-0.2, 0) is 4.79 Å². The van der Waals surface area contributed by atoms with Crippen molar-refractivity contribution in [2.24, 2.45) is 4.99 Å². The number of amides is 1. The lowest BCUT2D eigenvalue weighted by Crippen LogP contribution is -2.21. The van der Waals surface area contributed by atoms with E-state index in [9.17, 15) is 14.7 Å². The minimum absolute atomic E-state index is 0.0998. The Morgan fingerprint density at radius 3 is 2.52 bits per heavy atom. The van der Waals surface area contributed by atoms with Gasteiger partial charge in [0.25, 0.3) is 5.91 Å². The van der Waals surface area contributed by atoms with Crippen LogP contribution < -0.4 is 10.4 Å². The van der Waals surface area contributed by atoms with Crippen LogP contribution in [0, 0.1) is 13.8 Å². The topological polar surface area (TPSA) is 81.6 Å². The van der Waals surface area contributed by atoms with E-state index in [1.807, 2.05) is 32.0 Å². The number of benzene rings is 2. The minimum atomic E-state index is -1.23. The first-order valence-electron chi connectivity index (χ1n) is 7.60. The van der Waals surface area contributed by atoms with E-state index in [0.717, 1.165) is 22.4 Å². The Morgan fingerprint density at radius 2 is 1.88 bits per heavy atom. The van der Waals surface area contributed by atoms with Gasteiger partial charge in [-0.1, -0.05) is 42.0 Å². The lowest BCUT2D eigenvalue weighted by atomic mass is 10.1. The fourth-order valence-corrected chi connectivity index (χ4v) is 3.22. The molecule has 1 N–H and O–H groups in total. The van der Waals surface area contributed by atoms with Gasteiger partial charge in [0.15, 0.2) is 5.17 Å². The number of nitrogens with one attached hydrogen (secondary N) is 1. The average molecular weight is 351 g/mol. The maximum Gasteiger partial charge on any atom is 0.264 e. The Hall–Kier alpha value is -2.86. The molecule has 0 atom stereocenters. The Morgan fingerprint density at radius 1 is 1.16 bits per heavy atom. The van der Waals surface area contributed by atoms with E-state index in [-0.39, 0.29) is 11.5 Å². The van der Waals surface area contributed by atoms with Gasteiger partial charge in [-0.2, -0.15) is 0 Å². The van der Waals surface area contributed by atoms with E-state index >= 15 is 0 Å². The predicted molar refractivity (Wildman–Crippen MR) is 97.5 cm³/mol. The van der Waals surface area contributed by atoms with Gasteiger partial charge in [-0.15, -0.1) is 0 Å². The highest BCUT2D eigenvalue weighted by Crippen LogP contribution is 2.29. The van der Waals surface area contributed by atoms with E-state index in [1.54, 1.807) is 18.2 Å². The second-order valence-electron chi connectivity index (χ2n) is 5.68. The monoisotopic (exact) mass is 351 g/mol. The van der Waals surface area contributed by atoms with E-state index in [2.05, 4.69) is 10.3 Å². The molecule has 1 fully saturated rings. The van der Waals surface area contributed by atoms with Gasteiger partial charge in [-0.05, 0) is 54.4 Å². The number of aryl methyl sites for hydroxylation is 2. The highest BCUT2D eigenvalue weighted by molar-refractivity contribution is 8.18. The number of hydrogen-bond donors (Lipinski definition) is 1. The molecule has 1 aliphatic heterocycles. The molecule has 5 nitrogen and oxygen atoms in total. The van der Waals surface area contributed by atoms with E-state index < -0.39 is 5.97 Å². The summed E-state index contributed by atoms with van der Waals surface area (Å²) in [6.07, 6.45) is 1.70. The molecule has 1 saturated heterocycles. The van der Waals surface area contributed by atoms with E-state index in [1.165, 1.54) is 23.9 Å². The second-order valence-corrected chi connectivity index (χ2v) is 6.71.